The first-order valence-corrected chi connectivity index (χ1v) is 11.0. The highest BCUT2D eigenvalue weighted by atomic mass is 32.2. The minimum Gasteiger partial charge on any atom is -0.326 e. The minimum atomic E-state index is -3.65. The molecule has 1 amide bonds. The van der Waals surface area contributed by atoms with Gasteiger partial charge >= 0.3 is 0 Å². The van der Waals surface area contributed by atoms with Crippen molar-refractivity contribution in [1.29, 1.82) is 0 Å². The second-order valence-corrected chi connectivity index (χ2v) is 9.37. The summed E-state index contributed by atoms with van der Waals surface area (Å²) in [6, 6.07) is 15.1. The molecule has 142 valence electrons. The van der Waals surface area contributed by atoms with E-state index in [4.69, 9.17) is 0 Å². The number of rotatable bonds is 6. The second-order valence-electron chi connectivity index (χ2n) is 7.68. The smallest absolute Gasteiger partial charge is 0.261 e. The maximum atomic E-state index is 12.4. The zero-order valence-electron chi connectivity index (χ0n) is 15.1. The van der Waals surface area contributed by atoms with Gasteiger partial charge in [0, 0.05) is 17.8 Å². The minimum absolute atomic E-state index is 0.0190. The van der Waals surface area contributed by atoms with Crippen molar-refractivity contribution in [2.24, 2.45) is 17.8 Å². The molecule has 2 aromatic carbocycles. The fourth-order valence-electron chi connectivity index (χ4n) is 4.51. The molecule has 2 N–H and O–H groups in total. The number of benzene rings is 2. The largest absolute Gasteiger partial charge is 0.326 e. The van der Waals surface area contributed by atoms with E-state index in [1.165, 1.54) is 37.8 Å². The fourth-order valence-corrected chi connectivity index (χ4v) is 5.57. The summed E-state index contributed by atoms with van der Waals surface area (Å²) < 4.78 is 27.4. The first kappa shape index (κ1) is 18.0. The third-order valence-electron chi connectivity index (χ3n) is 5.81. The van der Waals surface area contributed by atoms with Crippen LogP contribution in [0.3, 0.4) is 0 Å². The number of para-hydroxylation sites is 1. The van der Waals surface area contributed by atoms with E-state index in [9.17, 15) is 13.2 Å². The highest BCUT2D eigenvalue weighted by molar-refractivity contribution is 7.92. The molecule has 2 aliphatic carbocycles. The molecule has 3 atom stereocenters. The highest BCUT2D eigenvalue weighted by Crippen LogP contribution is 2.49. The van der Waals surface area contributed by atoms with Gasteiger partial charge in [0.1, 0.15) is 0 Å². The molecule has 0 spiro atoms. The topological polar surface area (TPSA) is 75.3 Å². The number of amides is 1. The van der Waals surface area contributed by atoms with Gasteiger partial charge in [-0.2, -0.15) is 0 Å². The number of anilines is 2. The van der Waals surface area contributed by atoms with E-state index < -0.39 is 10.0 Å². The third kappa shape index (κ3) is 4.16. The number of carbonyl (C=O) groups is 1. The summed E-state index contributed by atoms with van der Waals surface area (Å²) in [7, 11) is -3.65. The molecule has 0 aliphatic heterocycles. The first-order chi connectivity index (χ1) is 13.0. The van der Waals surface area contributed by atoms with Crippen molar-refractivity contribution in [3.05, 3.63) is 54.6 Å². The Labute approximate surface area is 160 Å². The number of nitrogens with one attached hydrogen (secondary N) is 2. The zero-order chi connectivity index (χ0) is 18.9. The lowest BCUT2D eigenvalue weighted by Crippen LogP contribution is -2.20. The van der Waals surface area contributed by atoms with Gasteiger partial charge in [0.15, 0.2) is 0 Å². The molecule has 2 aliphatic rings. The SMILES string of the molecule is O=C(CC1CC2CCC1C2)Nc1ccc(S(=O)(=O)Nc2ccccc2)cc1. The Kier molecular flexibility index (Phi) is 4.91. The second kappa shape index (κ2) is 7.35. The molecule has 0 heterocycles. The van der Waals surface area contributed by atoms with Gasteiger partial charge in [0.2, 0.25) is 5.91 Å². The van der Waals surface area contributed by atoms with E-state index in [-0.39, 0.29) is 10.8 Å². The lowest BCUT2D eigenvalue weighted by atomic mass is 9.86. The zero-order valence-corrected chi connectivity index (χ0v) is 15.9. The van der Waals surface area contributed by atoms with Crippen LogP contribution in [0.15, 0.2) is 59.5 Å². The average Bonchev–Trinajstić information content (AvgIpc) is 3.25. The summed E-state index contributed by atoms with van der Waals surface area (Å²) in [6.07, 6.45) is 5.63. The Bertz CT molecular complexity index is 910. The monoisotopic (exact) mass is 384 g/mol. The van der Waals surface area contributed by atoms with Crippen molar-refractivity contribution in [1.82, 2.24) is 0 Å². The first-order valence-electron chi connectivity index (χ1n) is 9.47. The van der Waals surface area contributed by atoms with Crippen LogP contribution in [0.4, 0.5) is 11.4 Å². The van der Waals surface area contributed by atoms with Gasteiger partial charge in [0.05, 0.1) is 4.90 Å². The van der Waals surface area contributed by atoms with Gasteiger partial charge in [-0.25, -0.2) is 8.42 Å². The summed E-state index contributed by atoms with van der Waals surface area (Å²) in [6.45, 7) is 0. The highest BCUT2D eigenvalue weighted by Gasteiger charge is 2.40. The van der Waals surface area contributed by atoms with Gasteiger partial charge in [-0.05, 0) is 73.4 Å². The Morgan fingerprint density at radius 1 is 0.926 bits per heavy atom. The van der Waals surface area contributed by atoms with Crippen LogP contribution < -0.4 is 10.0 Å². The Balaban J connectivity index is 1.36. The quantitative estimate of drug-likeness (QED) is 0.782. The molecule has 5 nitrogen and oxygen atoms in total. The van der Waals surface area contributed by atoms with Crippen molar-refractivity contribution >= 4 is 27.3 Å². The molecule has 4 rings (SSSR count). The molecule has 2 saturated carbocycles. The number of sulfonamides is 1. The van der Waals surface area contributed by atoms with Crippen LogP contribution in [0.25, 0.3) is 0 Å². The van der Waals surface area contributed by atoms with Gasteiger partial charge < -0.3 is 5.32 Å². The van der Waals surface area contributed by atoms with E-state index in [0.29, 0.717) is 23.7 Å². The predicted octanol–water partition coefficient (Wildman–Crippen LogP) is 4.25. The van der Waals surface area contributed by atoms with Crippen molar-refractivity contribution < 1.29 is 13.2 Å². The molecule has 0 radical (unpaired) electrons. The van der Waals surface area contributed by atoms with Gasteiger partial charge in [-0.15, -0.1) is 0 Å². The van der Waals surface area contributed by atoms with Crippen molar-refractivity contribution in [2.45, 2.75) is 37.0 Å². The van der Waals surface area contributed by atoms with E-state index in [1.54, 1.807) is 36.4 Å². The molecule has 2 aromatic rings. The van der Waals surface area contributed by atoms with Crippen LogP contribution in [-0.4, -0.2) is 14.3 Å². The van der Waals surface area contributed by atoms with Crippen LogP contribution in [0.2, 0.25) is 0 Å². The number of fused-ring (bicyclic) bond motifs is 2. The summed E-state index contributed by atoms with van der Waals surface area (Å²) in [5.41, 5.74) is 1.14. The van der Waals surface area contributed by atoms with E-state index in [1.807, 2.05) is 6.07 Å². The number of hydrogen-bond acceptors (Lipinski definition) is 3. The van der Waals surface area contributed by atoms with Crippen LogP contribution in [0, 0.1) is 17.8 Å². The predicted molar refractivity (Wildman–Crippen MR) is 106 cm³/mol. The summed E-state index contributed by atoms with van der Waals surface area (Å²) in [4.78, 5) is 12.5. The maximum Gasteiger partial charge on any atom is 0.261 e. The molecule has 27 heavy (non-hydrogen) atoms. The van der Waals surface area contributed by atoms with E-state index >= 15 is 0 Å². The normalized spacial score (nSPS) is 23.9. The lowest BCUT2D eigenvalue weighted by molar-refractivity contribution is -0.117. The fraction of sp³-hybridized carbons (Fsp3) is 0.381. The number of hydrogen-bond donors (Lipinski definition) is 2. The summed E-state index contributed by atoms with van der Waals surface area (Å²) in [5, 5.41) is 2.90. The molecule has 6 heteroatoms. The standard InChI is InChI=1S/C21H24N2O3S/c24-21(14-17-13-15-6-7-16(17)12-15)22-18-8-10-20(11-9-18)27(25,26)23-19-4-2-1-3-5-19/h1-5,8-11,15-17,23H,6-7,12-14H2,(H,22,24). The Hall–Kier alpha value is -2.34. The number of carbonyl (C=O) groups excluding carboxylic acids is 1. The average molecular weight is 385 g/mol. The molecule has 2 bridgehead atoms. The summed E-state index contributed by atoms with van der Waals surface area (Å²) >= 11 is 0. The van der Waals surface area contributed by atoms with E-state index in [0.717, 1.165) is 11.8 Å². The van der Waals surface area contributed by atoms with Crippen LogP contribution in [0.5, 0.6) is 0 Å². The van der Waals surface area contributed by atoms with Crippen molar-refractivity contribution in [2.75, 3.05) is 10.0 Å². The lowest BCUT2D eigenvalue weighted by Gasteiger charge is -2.20. The van der Waals surface area contributed by atoms with Crippen LogP contribution >= 0.6 is 0 Å². The van der Waals surface area contributed by atoms with Crippen molar-refractivity contribution in [3.63, 3.8) is 0 Å². The third-order valence-corrected chi connectivity index (χ3v) is 7.20. The molecular weight excluding hydrogens is 360 g/mol. The van der Waals surface area contributed by atoms with Crippen molar-refractivity contribution in [3.8, 4) is 0 Å². The maximum absolute atomic E-state index is 12.4. The Morgan fingerprint density at radius 2 is 1.67 bits per heavy atom. The van der Waals surface area contributed by atoms with E-state index in [2.05, 4.69) is 10.0 Å². The van der Waals surface area contributed by atoms with Gasteiger partial charge in [-0.1, -0.05) is 24.6 Å². The molecule has 0 saturated heterocycles. The molecular formula is C21H24N2O3S. The molecule has 0 aromatic heterocycles. The van der Waals surface area contributed by atoms with Gasteiger partial charge in [0.25, 0.3) is 10.0 Å². The van der Waals surface area contributed by atoms with Crippen LogP contribution in [0.1, 0.15) is 32.1 Å². The van der Waals surface area contributed by atoms with Gasteiger partial charge in [-0.3, -0.25) is 9.52 Å². The molecule has 3 unspecified atom stereocenters. The Morgan fingerprint density at radius 3 is 2.30 bits per heavy atom. The van der Waals surface area contributed by atoms with Crippen LogP contribution in [-0.2, 0) is 14.8 Å². The summed E-state index contributed by atoms with van der Waals surface area (Å²) in [5.74, 6) is 2.08. The molecule has 2 fully saturated rings.